The Morgan fingerprint density at radius 3 is 2.04 bits per heavy atom. The van der Waals surface area contributed by atoms with Gasteiger partial charge in [0, 0.05) is 11.5 Å². The minimum absolute atomic E-state index is 0.00132. The van der Waals surface area contributed by atoms with Crippen molar-refractivity contribution in [1.82, 2.24) is 0 Å². The first-order valence-electron chi connectivity index (χ1n) is 8.45. The van der Waals surface area contributed by atoms with Gasteiger partial charge in [0.05, 0.1) is 19.3 Å². The number of rotatable bonds is 7. The van der Waals surface area contributed by atoms with Gasteiger partial charge in [-0.1, -0.05) is 5.11 Å². The molecule has 0 unspecified atom stereocenters. The molecule has 2 saturated heterocycles. The van der Waals surface area contributed by atoms with Crippen molar-refractivity contribution in [2.45, 2.75) is 67.6 Å². The van der Waals surface area contributed by atoms with Gasteiger partial charge in [0.15, 0.2) is 6.29 Å². The molecular weight excluding hydrogens is 370 g/mol. The largest absolute Gasteiger partial charge is 0.394 e. The van der Waals surface area contributed by atoms with Crippen LogP contribution in [-0.4, -0.2) is 117 Å². The Bertz CT molecular complexity index is 517. The lowest BCUT2D eigenvalue weighted by Crippen LogP contribution is -2.64. The van der Waals surface area contributed by atoms with Crippen molar-refractivity contribution >= 4 is 0 Å². The fraction of sp³-hybridized carbons (Fsp3) is 1.00. The van der Waals surface area contributed by atoms with E-state index in [4.69, 9.17) is 19.7 Å². The summed E-state index contributed by atoms with van der Waals surface area (Å²) in [4.78, 5) is 2.57. The lowest BCUT2D eigenvalue weighted by atomic mass is 9.93. The van der Waals surface area contributed by atoms with E-state index in [1.54, 1.807) is 0 Å². The topological polar surface area (TPSA) is 218 Å². The zero-order valence-electron chi connectivity index (χ0n) is 14.3. The molecule has 10 atom stereocenters. The third kappa shape index (κ3) is 4.85. The van der Waals surface area contributed by atoms with Gasteiger partial charge in [0.2, 0.25) is 0 Å². The van der Waals surface area contributed by atoms with Gasteiger partial charge in [-0.25, -0.2) is 0 Å². The molecule has 2 heterocycles. The second-order valence-corrected chi connectivity index (χ2v) is 6.42. The lowest BCUT2D eigenvalue weighted by molar-refractivity contribution is -0.342. The van der Waals surface area contributed by atoms with Crippen molar-refractivity contribution in [3.05, 3.63) is 10.4 Å². The maximum Gasteiger partial charge on any atom is 0.187 e. The van der Waals surface area contributed by atoms with E-state index in [1.807, 2.05) is 0 Å². The van der Waals surface area contributed by atoms with E-state index in [1.165, 1.54) is 0 Å². The molecule has 2 rings (SSSR count). The van der Waals surface area contributed by atoms with E-state index in [-0.39, 0.29) is 13.0 Å². The first-order chi connectivity index (χ1) is 12.8. The van der Waals surface area contributed by atoms with E-state index in [0.717, 1.165) is 0 Å². The summed E-state index contributed by atoms with van der Waals surface area (Å²) >= 11 is 0. The molecule has 27 heavy (non-hydrogen) atoms. The van der Waals surface area contributed by atoms with Crippen molar-refractivity contribution in [1.29, 1.82) is 0 Å². The molecule has 0 aromatic heterocycles. The molecule has 2 fully saturated rings. The van der Waals surface area contributed by atoms with Crippen molar-refractivity contribution in [3.8, 4) is 0 Å². The fourth-order valence-corrected chi connectivity index (χ4v) is 3.13. The van der Waals surface area contributed by atoms with Crippen LogP contribution in [0.15, 0.2) is 5.11 Å². The van der Waals surface area contributed by atoms with E-state index in [9.17, 15) is 35.7 Å². The number of aliphatic hydroxyl groups excluding tert-OH is 7. The van der Waals surface area contributed by atoms with Crippen LogP contribution >= 0.6 is 0 Å². The van der Waals surface area contributed by atoms with Gasteiger partial charge < -0.3 is 50.0 Å². The normalized spacial score (nSPS) is 45.3. The van der Waals surface area contributed by atoms with Gasteiger partial charge in [0.25, 0.3) is 0 Å². The molecule has 0 amide bonds. The molecule has 0 bridgehead atoms. The fourth-order valence-electron chi connectivity index (χ4n) is 3.13. The second kappa shape index (κ2) is 9.91. The van der Waals surface area contributed by atoms with Crippen molar-refractivity contribution in [2.24, 2.45) is 5.11 Å². The molecular formula is C14H25N3O10. The van der Waals surface area contributed by atoms with E-state index >= 15 is 0 Å². The molecule has 13 heteroatoms. The highest BCUT2D eigenvalue weighted by molar-refractivity contribution is 4.95. The Morgan fingerprint density at radius 2 is 1.44 bits per heavy atom. The molecule has 0 aromatic carbocycles. The molecule has 0 saturated carbocycles. The number of nitrogens with zero attached hydrogens (tertiary/aromatic N) is 3. The Balaban J connectivity index is 2.09. The predicted octanol–water partition coefficient (Wildman–Crippen LogP) is -3.65. The Morgan fingerprint density at radius 1 is 0.815 bits per heavy atom. The van der Waals surface area contributed by atoms with Gasteiger partial charge in [-0.15, -0.1) is 0 Å². The SMILES string of the molecule is [N-]=[N+]=NCC[C@@H]1O[C@H](CO)[C@@H](O[C@@H]2O[C@H](CO)[C@H](O)[C@H](O)[C@H]2O)[C@H](O)[C@H]1O. The minimum Gasteiger partial charge on any atom is -0.394 e. The molecule has 13 nitrogen and oxygen atoms in total. The van der Waals surface area contributed by atoms with Gasteiger partial charge in [-0.05, 0) is 12.0 Å². The molecule has 7 N–H and O–H groups in total. The third-order valence-corrected chi connectivity index (χ3v) is 4.68. The Kier molecular flexibility index (Phi) is 8.15. The average molecular weight is 395 g/mol. The van der Waals surface area contributed by atoms with Gasteiger partial charge in [-0.2, -0.15) is 0 Å². The highest BCUT2D eigenvalue weighted by atomic mass is 16.7. The summed E-state index contributed by atoms with van der Waals surface area (Å²) in [5, 5.41) is 72.2. The lowest BCUT2D eigenvalue weighted by Gasteiger charge is -2.46. The van der Waals surface area contributed by atoms with Crippen LogP contribution in [0.25, 0.3) is 10.4 Å². The average Bonchev–Trinajstić information content (AvgIpc) is 2.67. The van der Waals surface area contributed by atoms with Crippen molar-refractivity contribution in [2.75, 3.05) is 19.8 Å². The number of azide groups is 1. The van der Waals surface area contributed by atoms with Crippen LogP contribution in [0.4, 0.5) is 0 Å². The maximum atomic E-state index is 10.4. The standard InChI is InChI=1S/C14H25N3O10/c15-17-16-2-1-5-8(20)11(23)13(7(4-19)25-5)27-14-12(24)10(22)9(21)6(3-18)26-14/h5-14,18-24H,1-4H2/t5-,6+,7+,8-,9-,10-,11+,12+,13+,14-/m0/s1. The van der Waals surface area contributed by atoms with Crippen LogP contribution < -0.4 is 0 Å². The summed E-state index contributed by atoms with van der Waals surface area (Å²) in [6, 6.07) is 0. The molecule has 0 aromatic rings. The maximum absolute atomic E-state index is 10.4. The quantitative estimate of drug-likeness (QED) is 0.127. The molecule has 2 aliphatic heterocycles. The zero-order valence-corrected chi connectivity index (χ0v) is 14.3. The second-order valence-electron chi connectivity index (χ2n) is 6.42. The first-order valence-corrected chi connectivity index (χ1v) is 8.45. The third-order valence-electron chi connectivity index (χ3n) is 4.68. The highest BCUT2D eigenvalue weighted by Gasteiger charge is 2.50. The van der Waals surface area contributed by atoms with Crippen LogP contribution in [-0.2, 0) is 14.2 Å². The number of hydrogen-bond acceptors (Lipinski definition) is 11. The zero-order chi connectivity index (χ0) is 20.1. The summed E-state index contributed by atoms with van der Waals surface area (Å²) in [5.74, 6) is 0. The summed E-state index contributed by atoms with van der Waals surface area (Å²) in [6.45, 7) is -1.27. The number of aliphatic hydroxyl groups is 7. The summed E-state index contributed by atoms with van der Waals surface area (Å²) < 4.78 is 16.1. The van der Waals surface area contributed by atoms with Gasteiger partial charge in [0.1, 0.15) is 48.8 Å². The monoisotopic (exact) mass is 395 g/mol. The van der Waals surface area contributed by atoms with Gasteiger partial charge >= 0.3 is 0 Å². The van der Waals surface area contributed by atoms with Crippen molar-refractivity contribution < 1.29 is 50.0 Å². The van der Waals surface area contributed by atoms with Crippen LogP contribution in [0.5, 0.6) is 0 Å². The highest BCUT2D eigenvalue weighted by Crippen LogP contribution is 2.29. The summed E-state index contributed by atoms with van der Waals surface area (Å²) in [7, 11) is 0. The predicted molar refractivity (Wildman–Crippen MR) is 85.0 cm³/mol. The van der Waals surface area contributed by atoms with Crippen LogP contribution in [0.3, 0.4) is 0 Å². The molecule has 2 aliphatic rings. The van der Waals surface area contributed by atoms with Crippen LogP contribution in [0.2, 0.25) is 0 Å². The molecule has 0 spiro atoms. The van der Waals surface area contributed by atoms with E-state index in [2.05, 4.69) is 10.0 Å². The molecule has 0 radical (unpaired) electrons. The van der Waals surface area contributed by atoms with E-state index in [0.29, 0.717) is 0 Å². The Hall–Kier alpha value is -1.09. The van der Waals surface area contributed by atoms with Crippen LogP contribution in [0.1, 0.15) is 6.42 Å². The molecule has 156 valence electrons. The smallest absolute Gasteiger partial charge is 0.187 e. The first kappa shape index (κ1) is 22.2. The van der Waals surface area contributed by atoms with E-state index < -0.39 is 74.4 Å². The van der Waals surface area contributed by atoms with Crippen LogP contribution in [0, 0.1) is 0 Å². The summed E-state index contributed by atoms with van der Waals surface area (Å²) in [5.41, 5.74) is 8.29. The minimum atomic E-state index is -1.71. The Labute approximate surface area is 154 Å². The molecule has 0 aliphatic carbocycles. The number of ether oxygens (including phenoxy) is 3. The van der Waals surface area contributed by atoms with Crippen molar-refractivity contribution in [3.63, 3.8) is 0 Å². The summed E-state index contributed by atoms with van der Waals surface area (Å²) in [6.07, 6.45) is -14.1. The van der Waals surface area contributed by atoms with Gasteiger partial charge in [-0.3, -0.25) is 0 Å². The number of hydrogen-bond donors (Lipinski definition) is 7.